The number of aliphatic hydroxyl groups is 2. The summed E-state index contributed by atoms with van der Waals surface area (Å²) in [7, 11) is 0. The highest BCUT2D eigenvalue weighted by atomic mass is 16.5. The van der Waals surface area contributed by atoms with Crippen molar-refractivity contribution < 1.29 is 14.9 Å². The Hall–Kier alpha value is -0.940. The summed E-state index contributed by atoms with van der Waals surface area (Å²) in [4.78, 5) is 0. The standard InChI is InChI=1S/C26H45NO3/c1-22-14-15-24(19-25(22)21-28)26(29)20-27-16-8-2-3-9-17-30-18-10-7-13-23-11-5-4-6-12-23/h4-6,11-12,22,24-29H,2-3,7-10,13-21H2,1H3. The van der Waals surface area contributed by atoms with Crippen molar-refractivity contribution in [3.63, 3.8) is 0 Å². The van der Waals surface area contributed by atoms with Gasteiger partial charge in [0.2, 0.25) is 0 Å². The van der Waals surface area contributed by atoms with Crippen LogP contribution in [-0.4, -0.2) is 49.2 Å². The van der Waals surface area contributed by atoms with Gasteiger partial charge in [-0.05, 0) is 74.8 Å². The average Bonchev–Trinajstić information content (AvgIpc) is 2.77. The number of hydrogen-bond donors (Lipinski definition) is 3. The molecule has 4 atom stereocenters. The number of unbranched alkanes of at least 4 members (excludes halogenated alkanes) is 4. The number of hydrogen-bond acceptors (Lipinski definition) is 4. The maximum Gasteiger partial charge on any atom is 0.0692 e. The van der Waals surface area contributed by atoms with Crippen molar-refractivity contribution in [2.45, 2.75) is 77.2 Å². The zero-order chi connectivity index (χ0) is 21.4. The summed E-state index contributed by atoms with van der Waals surface area (Å²) < 4.78 is 5.76. The Morgan fingerprint density at radius 1 is 1.00 bits per heavy atom. The second kappa shape index (κ2) is 15.8. The molecule has 4 nitrogen and oxygen atoms in total. The Morgan fingerprint density at radius 3 is 2.50 bits per heavy atom. The lowest BCUT2D eigenvalue weighted by molar-refractivity contribution is 0.0349. The summed E-state index contributed by atoms with van der Waals surface area (Å²) in [5.41, 5.74) is 1.42. The summed E-state index contributed by atoms with van der Waals surface area (Å²) in [6, 6.07) is 10.7. The van der Waals surface area contributed by atoms with Crippen LogP contribution in [-0.2, 0) is 11.2 Å². The summed E-state index contributed by atoms with van der Waals surface area (Å²) in [5.74, 6) is 1.30. The van der Waals surface area contributed by atoms with Gasteiger partial charge in [0.15, 0.2) is 0 Å². The van der Waals surface area contributed by atoms with Crippen molar-refractivity contribution >= 4 is 0 Å². The zero-order valence-corrected chi connectivity index (χ0v) is 19.1. The number of aryl methyl sites for hydroxylation is 1. The Kier molecular flexibility index (Phi) is 13.3. The fraction of sp³-hybridized carbons (Fsp3) is 0.769. The third-order valence-corrected chi connectivity index (χ3v) is 6.77. The first-order chi connectivity index (χ1) is 14.7. The van der Waals surface area contributed by atoms with Gasteiger partial charge in [0.05, 0.1) is 6.10 Å². The van der Waals surface area contributed by atoms with Crippen LogP contribution in [0, 0.1) is 17.8 Å². The molecule has 2 rings (SSSR count). The van der Waals surface area contributed by atoms with E-state index in [1.807, 2.05) is 0 Å². The molecule has 0 amide bonds. The van der Waals surface area contributed by atoms with E-state index in [1.165, 1.54) is 24.8 Å². The topological polar surface area (TPSA) is 61.7 Å². The average molecular weight is 420 g/mol. The molecule has 1 aromatic carbocycles. The molecule has 4 unspecified atom stereocenters. The normalized spacial score (nSPS) is 22.8. The molecule has 0 aromatic heterocycles. The van der Waals surface area contributed by atoms with Crippen molar-refractivity contribution in [2.75, 3.05) is 32.9 Å². The van der Waals surface area contributed by atoms with Gasteiger partial charge in [-0.2, -0.15) is 0 Å². The van der Waals surface area contributed by atoms with E-state index in [9.17, 15) is 10.2 Å². The molecule has 0 spiro atoms. The quantitative estimate of drug-likeness (QED) is 0.343. The third-order valence-electron chi connectivity index (χ3n) is 6.77. The molecule has 0 aliphatic heterocycles. The van der Waals surface area contributed by atoms with Crippen LogP contribution < -0.4 is 5.32 Å². The fourth-order valence-electron chi connectivity index (χ4n) is 4.56. The predicted octanol–water partition coefficient (Wildman–Crippen LogP) is 4.58. The van der Waals surface area contributed by atoms with Crippen LogP contribution in [0.15, 0.2) is 30.3 Å². The van der Waals surface area contributed by atoms with Crippen molar-refractivity contribution in [3.8, 4) is 0 Å². The van der Waals surface area contributed by atoms with Gasteiger partial charge in [-0.3, -0.25) is 0 Å². The Bertz CT molecular complexity index is 524. The Balaban J connectivity index is 1.34. The largest absolute Gasteiger partial charge is 0.396 e. The van der Waals surface area contributed by atoms with E-state index >= 15 is 0 Å². The van der Waals surface area contributed by atoms with Crippen LogP contribution in [0.1, 0.15) is 70.3 Å². The minimum absolute atomic E-state index is 0.259. The minimum Gasteiger partial charge on any atom is -0.396 e. The van der Waals surface area contributed by atoms with Crippen LogP contribution in [0.4, 0.5) is 0 Å². The molecule has 4 heteroatoms. The molecule has 1 fully saturated rings. The molecule has 1 aromatic rings. The number of aliphatic hydroxyl groups excluding tert-OH is 2. The summed E-state index contributed by atoms with van der Waals surface area (Å²) in [6.07, 6.45) is 11.1. The second-order valence-electron chi connectivity index (χ2n) is 9.23. The third kappa shape index (κ3) is 10.4. The number of benzene rings is 1. The van der Waals surface area contributed by atoms with Gasteiger partial charge in [0, 0.05) is 26.4 Å². The summed E-state index contributed by atoms with van der Waals surface area (Å²) >= 11 is 0. The molecule has 1 aliphatic rings. The Labute approximate surface area is 184 Å². The van der Waals surface area contributed by atoms with Gasteiger partial charge in [-0.25, -0.2) is 0 Å². The van der Waals surface area contributed by atoms with E-state index < -0.39 is 0 Å². The molecule has 30 heavy (non-hydrogen) atoms. The SMILES string of the molecule is CC1CCC(C(O)CNCCCCCCOCCCCc2ccccc2)CC1CO. The van der Waals surface area contributed by atoms with Crippen molar-refractivity contribution in [1.29, 1.82) is 0 Å². The van der Waals surface area contributed by atoms with E-state index in [2.05, 4.69) is 42.6 Å². The molecule has 1 aliphatic carbocycles. The van der Waals surface area contributed by atoms with Gasteiger partial charge >= 0.3 is 0 Å². The van der Waals surface area contributed by atoms with Crippen molar-refractivity contribution in [2.24, 2.45) is 17.8 Å². The highest BCUT2D eigenvalue weighted by Gasteiger charge is 2.30. The molecular formula is C26H45NO3. The van der Waals surface area contributed by atoms with E-state index in [1.54, 1.807) is 0 Å². The zero-order valence-electron chi connectivity index (χ0n) is 19.1. The van der Waals surface area contributed by atoms with E-state index in [-0.39, 0.29) is 12.7 Å². The lowest BCUT2D eigenvalue weighted by atomic mass is 9.73. The van der Waals surface area contributed by atoms with Gasteiger partial charge in [0.25, 0.3) is 0 Å². The highest BCUT2D eigenvalue weighted by molar-refractivity contribution is 5.14. The fourth-order valence-corrected chi connectivity index (χ4v) is 4.56. The molecule has 0 saturated heterocycles. The highest BCUT2D eigenvalue weighted by Crippen LogP contribution is 2.34. The van der Waals surface area contributed by atoms with Crippen molar-refractivity contribution in [3.05, 3.63) is 35.9 Å². The van der Waals surface area contributed by atoms with Crippen molar-refractivity contribution in [1.82, 2.24) is 5.32 Å². The van der Waals surface area contributed by atoms with Crippen LogP contribution in [0.2, 0.25) is 0 Å². The summed E-state index contributed by atoms with van der Waals surface area (Å²) in [5, 5.41) is 23.3. The molecule has 3 N–H and O–H groups in total. The van der Waals surface area contributed by atoms with Crippen LogP contribution in [0.5, 0.6) is 0 Å². The first kappa shape index (κ1) is 25.3. The van der Waals surface area contributed by atoms with E-state index in [4.69, 9.17) is 4.74 Å². The molecule has 0 heterocycles. The smallest absolute Gasteiger partial charge is 0.0692 e. The molecule has 0 bridgehead atoms. The monoisotopic (exact) mass is 419 g/mol. The van der Waals surface area contributed by atoms with Crippen LogP contribution >= 0.6 is 0 Å². The molecule has 0 radical (unpaired) electrons. The first-order valence-corrected chi connectivity index (χ1v) is 12.3. The van der Waals surface area contributed by atoms with Crippen LogP contribution in [0.3, 0.4) is 0 Å². The molecule has 172 valence electrons. The lowest BCUT2D eigenvalue weighted by Crippen LogP contribution is -2.38. The predicted molar refractivity (Wildman–Crippen MR) is 125 cm³/mol. The van der Waals surface area contributed by atoms with Gasteiger partial charge in [0.1, 0.15) is 0 Å². The van der Waals surface area contributed by atoms with E-state index in [0.717, 1.165) is 64.7 Å². The van der Waals surface area contributed by atoms with Crippen LogP contribution in [0.25, 0.3) is 0 Å². The number of nitrogens with one attached hydrogen (secondary N) is 1. The lowest BCUT2D eigenvalue weighted by Gasteiger charge is -2.35. The van der Waals surface area contributed by atoms with Gasteiger partial charge in [-0.15, -0.1) is 0 Å². The summed E-state index contributed by atoms with van der Waals surface area (Å²) in [6.45, 7) is 5.90. The molecule has 1 saturated carbocycles. The number of rotatable bonds is 16. The Morgan fingerprint density at radius 2 is 1.73 bits per heavy atom. The number of ether oxygens (including phenoxy) is 1. The molecular weight excluding hydrogens is 374 g/mol. The second-order valence-corrected chi connectivity index (χ2v) is 9.23. The van der Waals surface area contributed by atoms with Gasteiger partial charge in [-0.1, -0.05) is 56.5 Å². The first-order valence-electron chi connectivity index (χ1n) is 12.3. The van der Waals surface area contributed by atoms with E-state index in [0.29, 0.717) is 24.3 Å². The minimum atomic E-state index is -0.276. The maximum absolute atomic E-state index is 10.4. The van der Waals surface area contributed by atoms with Gasteiger partial charge < -0.3 is 20.3 Å². The maximum atomic E-state index is 10.4.